The van der Waals surface area contributed by atoms with Crippen molar-refractivity contribution in [2.24, 2.45) is 11.1 Å². The summed E-state index contributed by atoms with van der Waals surface area (Å²) < 4.78 is 5.38. The molecule has 110 valence electrons. The van der Waals surface area contributed by atoms with Gasteiger partial charge < -0.3 is 15.6 Å². The maximum absolute atomic E-state index is 9.45. The Kier molecular flexibility index (Phi) is 6.84. The highest BCUT2D eigenvalue weighted by molar-refractivity contribution is 5.85. The summed E-state index contributed by atoms with van der Waals surface area (Å²) in [6, 6.07) is 5.85. The molecule has 0 aliphatic rings. The van der Waals surface area contributed by atoms with Crippen LogP contribution in [0.1, 0.15) is 50.8 Å². The van der Waals surface area contributed by atoms with Gasteiger partial charge in [-0.3, -0.25) is 0 Å². The third-order valence-electron chi connectivity index (χ3n) is 3.50. The highest BCUT2D eigenvalue weighted by atomic mass is 35.5. The molecule has 1 atom stereocenters. The van der Waals surface area contributed by atoms with Crippen molar-refractivity contribution in [2.75, 3.05) is 13.7 Å². The summed E-state index contributed by atoms with van der Waals surface area (Å²) in [6.45, 7) is 8.25. The molecule has 4 heteroatoms. The summed E-state index contributed by atoms with van der Waals surface area (Å²) >= 11 is 0. The number of aliphatic hydroxyl groups is 1. The van der Waals surface area contributed by atoms with Gasteiger partial charge in [0.2, 0.25) is 0 Å². The molecule has 0 aromatic heterocycles. The lowest BCUT2D eigenvalue weighted by atomic mass is 9.80. The van der Waals surface area contributed by atoms with E-state index in [4.69, 9.17) is 10.5 Å². The normalized spacial score (nSPS) is 13.1. The van der Waals surface area contributed by atoms with E-state index in [0.29, 0.717) is 5.92 Å². The van der Waals surface area contributed by atoms with E-state index in [-0.39, 0.29) is 30.5 Å². The number of aliphatic hydroxyl groups excluding tert-OH is 1. The molecule has 19 heavy (non-hydrogen) atoms. The van der Waals surface area contributed by atoms with Crippen LogP contribution in [0.4, 0.5) is 0 Å². The Balaban J connectivity index is 0.00000324. The van der Waals surface area contributed by atoms with E-state index >= 15 is 0 Å². The maximum atomic E-state index is 9.45. The van der Waals surface area contributed by atoms with Gasteiger partial charge in [0.25, 0.3) is 0 Å². The summed E-state index contributed by atoms with van der Waals surface area (Å²) in [4.78, 5) is 0. The topological polar surface area (TPSA) is 55.5 Å². The number of hydrogen-bond donors (Lipinski definition) is 2. The summed E-state index contributed by atoms with van der Waals surface area (Å²) in [5, 5.41) is 9.45. The average Bonchev–Trinajstić information content (AvgIpc) is 2.36. The van der Waals surface area contributed by atoms with Gasteiger partial charge in [0, 0.05) is 23.6 Å². The lowest BCUT2D eigenvalue weighted by Crippen LogP contribution is -2.32. The van der Waals surface area contributed by atoms with Crippen LogP contribution in [0.3, 0.4) is 0 Å². The third-order valence-corrected chi connectivity index (χ3v) is 3.50. The minimum absolute atomic E-state index is 0. The Morgan fingerprint density at radius 3 is 2.32 bits per heavy atom. The Morgan fingerprint density at radius 1 is 1.32 bits per heavy atom. The first-order valence-electron chi connectivity index (χ1n) is 6.37. The zero-order chi connectivity index (χ0) is 13.9. The second-order valence-electron chi connectivity index (χ2n) is 5.78. The van der Waals surface area contributed by atoms with Crippen molar-refractivity contribution in [3.63, 3.8) is 0 Å². The van der Waals surface area contributed by atoms with Crippen LogP contribution in [0.25, 0.3) is 0 Å². The molecule has 0 saturated heterocycles. The van der Waals surface area contributed by atoms with Gasteiger partial charge in [-0.05, 0) is 17.5 Å². The molecule has 3 N–H and O–H groups in total. The van der Waals surface area contributed by atoms with E-state index in [1.54, 1.807) is 7.11 Å². The van der Waals surface area contributed by atoms with E-state index in [2.05, 4.69) is 26.0 Å². The quantitative estimate of drug-likeness (QED) is 0.874. The second-order valence-corrected chi connectivity index (χ2v) is 5.78. The number of nitrogens with two attached hydrogens (primary N) is 1. The molecule has 0 amide bonds. The Bertz CT molecular complexity index is 405. The summed E-state index contributed by atoms with van der Waals surface area (Å²) in [5.41, 5.74) is 8.11. The highest BCUT2D eigenvalue weighted by Crippen LogP contribution is 2.37. The van der Waals surface area contributed by atoms with Crippen LogP contribution < -0.4 is 10.5 Å². The number of hydrogen-bond acceptors (Lipinski definition) is 3. The predicted molar refractivity (Wildman–Crippen MR) is 82.1 cm³/mol. The van der Waals surface area contributed by atoms with Crippen LogP contribution >= 0.6 is 12.4 Å². The number of ether oxygens (including phenoxy) is 1. The van der Waals surface area contributed by atoms with Gasteiger partial charge in [0.15, 0.2) is 0 Å². The van der Waals surface area contributed by atoms with Crippen LogP contribution in [-0.2, 0) is 0 Å². The molecule has 0 aliphatic carbocycles. The fourth-order valence-electron chi connectivity index (χ4n) is 1.87. The second kappa shape index (κ2) is 7.13. The molecular weight excluding hydrogens is 262 g/mol. The zero-order valence-electron chi connectivity index (χ0n) is 12.4. The Hall–Kier alpha value is -0.770. The number of halogens is 1. The molecule has 0 radical (unpaired) electrons. The summed E-state index contributed by atoms with van der Waals surface area (Å²) in [6.07, 6.45) is 0. The molecule has 0 spiro atoms. The molecule has 1 aromatic rings. The van der Waals surface area contributed by atoms with Gasteiger partial charge in [-0.15, -0.1) is 12.4 Å². The Morgan fingerprint density at radius 2 is 1.89 bits per heavy atom. The highest BCUT2D eigenvalue weighted by Gasteiger charge is 2.29. The molecule has 0 saturated carbocycles. The van der Waals surface area contributed by atoms with Gasteiger partial charge in [-0.25, -0.2) is 0 Å². The number of rotatable bonds is 5. The van der Waals surface area contributed by atoms with Crippen LogP contribution in [0, 0.1) is 5.41 Å². The van der Waals surface area contributed by atoms with Gasteiger partial charge in [0.05, 0.1) is 7.11 Å². The van der Waals surface area contributed by atoms with Crippen molar-refractivity contribution in [1.82, 2.24) is 0 Å². The molecule has 0 bridgehead atoms. The van der Waals surface area contributed by atoms with Crippen molar-refractivity contribution in [3.8, 4) is 5.75 Å². The van der Waals surface area contributed by atoms with Crippen molar-refractivity contribution in [3.05, 3.63) is 29.3 Å². The SMILES string of the molecule is COc1ccc(C(C)C)cc1[C@H](N)C(C)(C)CO.Cl. The summed E-state index contributed by atoms with van der Waals surface area (Å²) in [5.74, 6) is 1.23. The first-order valence-corrected chi connectivity index (χ1v) is 6.37. The lowest BCUT2D eigenvalue weighted by Gasteiger charge is -2.31. The molecule has 0 aliphatic heterocycles. The predicted octanol–water partition coefficient (Wildman–Crippen LogP) is 3.26. The van der Waals surface area contributed by atoms with Crippen LogP contribution in [0.15, 0.2) is 18.2 Å². The van der Waals surface area contributed by atoms with Gasteiger partial charge in [-0.2, -0.15) is 0 Å². The van der Waals surface area contributed by atoms with Crippen LogP contribution in [-0.4, -0.2) is 18.8 Å². The summed E-state index contributed by atoms with van der Waals surface area (Å²) in [7, 11) is 1.65. The van der Waals surface area contributed by atoms with Gasteiger partial charge in [-0.1, -0.05) is 39.8 Å². The molecule has 1 rings (SSSR count). The standard InChI is InChI=1S/C15H25NO2.ClH/c1-10(2)11-6-7-13(18-5)12(8-11)14(16)15(3,4)9-17;/h6-8,10,14,17H,9,16H2,1-5H3;1H/t14-;/m0./s1. The monoisotopic (exact) mass is 287 g/mol. The minimum Gasteiger partial charge on any atom is -0.496 e. The van der Waals surface area contributed by atoms with E-state index in [0.717, 1.165) is 11.3 Å². The third kappa shape index (κ3) is 4.10. The largest absolute Gasteiger partial charge is 0.496 e. The molecule has 1 aromatic carbocycles. The fourth-order valence-corrected chi connectivity index (χ4v) is 1.87. The number of methoxy groups -OCH3 is 1. The van der Waals surface area contributed by atoms with Crippen molar-refractivity contribution in [2.45, 2.75) is 39.7 Å². The van der Waals surface area contributed by atoms with E-state index in [1.807, 2.05) is 19.9 Å². The molecule has 0 heterocycles. The maximum Gasteiger partial charge on any atom is 0.123 e. The molecule has 0 unspecified atom stereocenters. The van der Waals surface area contributed by atoms with Crippen LogP contribution in [0.2, 0.25) is 0 Å². The van der Waals surface area contributed by atoms with E-state index in [1.165, 1.54) is 5.56 Å². The minimum atomic E-state index is -0.372. The van der Waals surface area contributed by atoms with E-state index < -0.39 is 0 Å². The smallest absolute Gasteiger partial charge is 0.123 e. The Labute approximate surface area is 122 Å². The first-order chi connectivity index (χ1) is 8.33. The average molecular weight is 288 g/mol. The van der Waals surface area contributed by atoms with Crippen molar-refractivity contribution >= 4 is 12.4 Å². The van der Waals surface area contributed by atoms with Gasteiger partial charge >= 0.3 is 0 Å². The molecule has 0 fully saturated rings. The van der Waals surface area contributed by atoms with Gasteiger partial charge in [0.1, 0.15) is 5.75 Å². The lowest BCUT2D eigenvalue weighted by molar-refractivity contribution is 0.131. The van der Waals surface area contributed by atoms with E-state index in [9.17, 15) is 5.11 Å². The molecular formula is C15H26ClNO2. The molecule has 3 nitrogen and oxygen atoms in total. The fraction of sp³-hybridized carbons (Fsp3) is 0.600. The van der Waals surface area contributed by atoms with Crippen molar-refractivity contribution < 1.29 is 9.84 Å². The van der Waals surface area contributed by atoms with Crippen LogP contribution in [0.5, 0.6) is 5.75 Å². The zero-order valence-corrected chi connectivity index (χ0v) is 13.3. The first kappa shape index (κ1) is 18.2. The number of benzene rings is 1. The van der Waals surface area contributed by atoms with Crippen molar-refractivity contribution in [1.29, 1.82) is 0 Å².